The molecule has 180 valence electrons. The highest BCUT2D eigenvalue weighted by molar-refractivity contribution is 6.10. The van der Waals surface area contributed by atoms with Gasteiger partial charge in [0.05, 0.1) is 0 Å². The molecule has 1 aromatic rings. The summed E-state index contributed by atoms with van der Waals surface area (Å²) in [5.74, 6) is -2.91. The van der Waals surface area contributed by atoms with Crippen molar-refractivity contribution in [2.24, 2.45) is 0 Å². The summed E-state index contributed by atoms with van der Waals surface area (Å²) in [6.45, 7) is 0.565. The SMILES string of the molecule is CCN(Cc1cccc(NC(=O)CN2C(=O)N(C)C3(CCCCC3)C2=O)c1)C(=O)C(F)(F)F. The Morgan fingerprint density at radius 1 is 1.15 bits per heavy atom. The first kappa shape index (κ1) is 24.5. The molecule has 2 fully saturated rings. The first-order valence-electron chi connectivity index (χ1n) is 10.8. The molecule has 1 saturated carbocycles. The predicted octanol–water partition coefficient (Wildman–Crippen LogP) is 3.13. The number of alkyl halides is 3. The van der Waals surface area contributed by atoms with Gasteiger partial charge in [-0.2, -0.15) is 13.2 Å². The third kappa shape index (κ3) is 4.96. The molecule has 1 N–H and O–H groups in total. The molecular formula is C22H27F3N4O4. The molecule has 1 saturated heterocycles. The average molecular weight is 468 g/mol. The van der Waals surface area contributed by atoms with Crippen molar-refractivity contribution in [3.63, 3.8) is 0 Å². The van der Waals surface area contributed by atoms with Crippen LogP contribution >= 0.6 is 0 Å². The smallest absolute Gasteiger partial charge is 0.331 e. The third-order valence-corrected chi connectivity index (χ3v) is 6.28. The molecule has 5 amide bonds. The highest BCUT2D eigenvalue weighted by Crippen LogP contribution is 2.39. The Morgan fingerprint density at radius 2 is 1.82 bits per heavy atom. The minimum absolute atomic E-state index is 0.136. The first-order valence-corrected chi connectivity index (χ1v) is 10.8. The second-order valence-corrected chi connectivity index (χ2v) is 8.39. The van der Waals surface area contributed by atoms with Crippen LogP contribution in [-0.2, 0) is 20.9 Å². The van der Waals surface area contributed by atoms with E-state index in [0.29, 0.717) is 23.3 Å². The number of carbonyl (C=O) groups is 4. The first-order chi connectivity index (χ1) is 15.5. The quantitative estimate of drug-likeness (QED) is 0.650. The number of nitrogens with zero attached hydrogens (tertiary/aromatic N) is 3. The van der Waals surface area contributed by atoms with Crippen LogP contribution in [0.2, 0.25) is 0 Å². The monoisotopic (exact) mass is 468 g/mol. The summed E-state index contributed by atoms with van der Waals surface area (Å²) in [7, 11) is 1.58. The van der Waals surface area contributed by atoms with Crippen LogP contribution in [0.3, 0.4) is 0 Å². The summed E-state index contributed by atoms with van der Waals surface area (Å²) in [6, 6.07) is 5.54. The number of anilines is 1. The van der Waals surface area contributed by atoms with Crippen LogP contribution in [0.1, 0.15) is 44.6 Å². The summed E-state index contributed by atoms with van der Waals surface area (Å²) in [5, 5.41) is 2.58. The number of hydrogen-bond donors (Lipinski definition) is 1. The van der Waals surface area contributed by atoms with Crippen LogP contribution in [0.15, 0.2) is 24.3 Å². The minimum atomic E-state index is -4.97. The zero-order valence-corrected chi connectivity index (χ0v) is 18.6. The molecule has 0 unspecified atom stereocenters. The van der Waals surface area contributed by atoms with Gasteiger partial charge in [0.2, 0.25) is 5.91 Å². The van der Waals surface area contributed by atoms with Crippen LogP contribution in [0.4, 0.5) is 23.7 Å². The van der Waals surface area contributed by atoms with Crippen molar-refractivity contribution in [1.29, 1.82) is 0 Å². The lowest BCUT2D eigenvalue weighted by atomic mass is 9.81. The van der Waals surface area contributed by atoms with Crippen LogP contribution < -0.4 is 5.32 Å². The van der Waals surface area contributed by atoms with E-state index in [0.717, 1.165) is 24.2 Å². The van der Waals surface area contributed by atoms with Crippen LogP contribution in [-0.4, -0.2) is 70.3 Å². The Labute approximate surface area is 189 Å². The number of nitrogens with one attached hydrogen (secondary N) is 1. The van der Waals surface area contributed by atoms with E-state index in [1.165, 1.54) is 36.1 Å². The van der Waals surface area contributed by atoms with Gasteiger partial charge in [-0.15, -0.1) is 0 Å². The lowest BCUT2D eigenvalue weighted by Crippen LogP contribution is -2.49. The summed E-state index contributed by atoms with van der Waals surface area (Å²) in [6.07, 6.45) is -1.17. The number of urea groups is 1. The third-order valence-electron chi connectivity index (χ3n) is 6.28. The molecule has 8 nitrogen and oxygen atoms in total. The van der Waals surface area contributed by atoms with Crippen molar-refractivity contribution >= 4 is 29.4 Å². The molecular weight excluding hydrogens is 441 g/mol. The van der Waals surface area contributed by atoms with Gasteiger partial charge in [-0.3, -0.25) is 19.3 Å². The highest BCUT2D eigenvalue weighted by Gasteiger charge is 2.55. The maximum Gasteiger partial charge on any atom is 0.471 e. The van der Waals surface area contributed by atoms with Crippen LogP contribution in [0.5, 0.6) is 0 Å². The minimum Gasteiger partial charge on any atom is -0.331 e. The molecule has 0 radical (unpaired) electrons. The molecule has 1 aliphatic heterocycles. The van der Waals surface area contributed by atoms with Crippen molar-refractivity contribution in [3.8, 4) is 0 Å². The molecule has 0 atom stereocenters. The maximum absolute atomic E-state index is 13.0. The van der Waals surface area contributed by atoms with Gasteiger partial charge in [-0.25, -0.2) is 4.79 Å². The van der Waals surface area contributed by atoms with E-state index >= 15 is 0 Å². The summed E-state index contributed by atoms with van der Waals surface area (Å²) in [4.78, 5) is 52.8. The molecule has 11 heteroatoms. The Bertz CT molecular complexity index is 944. The van der Waals surface area contributed by atoms with Gasteiger partial charge in [0.25, 0.3) is 5.91 Å². The second-order valence-electron chi connectivity index (χ2n) is 8.39. The number of rotatable bonds is 6. The molecule has 1 heterocycles. The number of hydrogen-bond acceptors (Lipinski definition) is 4. The lowest BCUT2D eigenvalue weighted by molar-refractivity contribution is -0.185. The maximum atomic E-state index is 13.0. The fourth-order valence-electron chi connectivity index (χ4n) is 4.49. The Kier molecular flexibility index (Phi) is 6.99. The molecule has 0 bridgehead atoms. The largest absolute Gasteiger partial charge is 0.471 e. The van der Waals surface area contributed by atoms with Gasteiger partial charge in [0.15, 0.2) is 0 Å². The number of imide groups is 1. The second kappa shape index (κ2) is 9.40. The van der Waals surface area contributed by atoms with Gasteiger partial charge in [-0.1, -0.05) is 31.4 Å². The van der Waals surface area contributed by atoms with Crippen LogP contribution in [0.25, 0.3) is 0 Å². The predicted molar refractivity (Wildman–Crippen MR) is 113 cm³/mol. The molecule has 33 heavy (non-hydrogen) atoms. The molecule has 1 spiro atoms. The Hall–Kier alpha value is -3.11. The van der Waals surface area contributed by atoms with Crippen LogP contribution in [0, 0.1) is 0 Å². The fourth-order valence-corrected chi connectivity index (χ4v) is 4.49. The normalized spacial score (nSPS) is 18.1. The topological polar surface area (TPSA) is 90.0 Å². The van der Waals surface area contributed by atoms with E-state index in [9.17, 15) is 32.3 Å². The van der Waals surface area contributed by atoms with E-state index in [2.05, 4.69) is 5.32 Å². The van der Waals surface area contributed by atoms with Crippen molar-refractivity contribution in [3.05, 3.63) is 29.8 Å². The summed E-state index contributed by atoms with van der Waals surface area (Å²) in [5.41, 5.74) is -0.209. The number of halogens is 3. The van der Waals surface area contributed by atoms with Gasteiger partial charge in [0.1, 0.15) is 12.1 Å². The van der Waals surface area contributed by atoms with Gasteiger partial charge in [0, 0.05) is 25.8 Å². The molecule has 1 aromatic carbocycles. The van der Waals surface area contributed by atoms with E-state index in [1.807, 2.05) is 0 Å². The average Bonchev–Trinajstić information content (AvgIpc) is 2.93. The Balaban J connectivity index is 1.66. The van der Waals surface area contributed by atoms with E-state index in [-0.39, 0.29) is 24.7 Å². The van der Waals surface area contributed by atoms with Gasteiger partial charge >= 0.3 is 18.1 Å². The summed E-state index contributed by atoms with van der Waals surface area (Å²) < 4.78 is 38.2. The number of benzene rings is 1. The highest BCUT2D eigenvalue weighted by atomic mass is 19.4. The molecule has 0 aromatic heterocycles. The van der Waals surface area contributed by atoms with Crippen molar-refractivity contribution < 1.29 is 32.3 Å². The summed E-state index contributed by atoms with van der Waals surface area (Å²) >= 11 is 0. The van der Waals surface area contributed by atoms with E-state index < -0.39 is 36.1 Å². The molecule has 2 aliphatic rings. The number of amides is 5. The Morgan fingerprint density at radius 3 is 2.42 bits per heavy atom. The van der Waals surface area contributed by atoms with E-state index in [4.69, 9.17) is 0 Å². The lowest BCUT2D eigenvalue weighted by Gasteiger charge is -2.35. The van der Waals surface area contributed by atoms with Crippen molar-refractivity contribution in [2.75, 3.05) is 25.5 Å². The van der Waals surface area contributed by atoms with Crippen molar-refractivity contribution in [2.45, 2.75) is 57.3 Å². The van der Waals surface area contributed by atoms with Crippen molar-refractivity contribution in [1.82, 2.24) is 14.7 Å². The standard InChI is InChI=1S/C22H27F3N4O4/c1-3-28(19(32)22(23,24)25)13-15-8-7-9-16(12-15)26-17(30)14-29-18(31)21(27(2)20(29)33)10-5-4-6-11-21/h7-9,12H,3-6,10-11,13-14H2,1-2H3,(H,26,30). The zero-order valence-electron chi connectivity index (χ0n) is 18.6. The van der Waals surface area contributed by atoms with Gasteiger partial charge in [-0.05, 0) is 37.5 Å². The fraction of sp³-hybridized carbons (Fsp3) is 0.545. The molecule has 3 rings (SSSR count). The number of likely N-dealkylation sites (N-methyl/N-ethyl adjacent to an activating group) is 1. The van der Waals surface area contributed by atoms with E-state index in [1.54, 1.807) is 7.05 Å². The zero-order chi connectivity index (χ0) is 24.4. The molecule has 1 aliphatic carbocycles. The number of carbonyl (C=O) groups excluding carboxylic acids is 4. The van der Waals surface area contributed by atoms with Gasteiger partial charge < -0.3 is 15.1 Å².